The molecule has 0 aromatic rings. The molecule has 2 unspecified atom stereocenters. The summed E-state index contributed by atoms with van der Waals surface area (Å²) in [5.41, 5.74) is 0.250. The highest BCUT2D eigenvalue weighted by molar-refractivity contribution is 4.87. The molecule has 1 aliphatic heterocycles. The van der Waals surface area contributed by atoms with Crippen LogP contribution in [0.5, 0.6) is 0 Å². The van der Waals surface area contributed by atoms with Crippen LogP contribution in [0.15, 0.2) is 0 Å². The zero-order valence-electron chi connectivity index (χ0n) is 10.8. The van der Waals surface area contributed by atoms with E-state index in [2.05, 4.69) is 45.0 Å². The Morgan fingerprint density at radius 3 is 2.67 bits per heavy atom. The fourth-order valence-corrected chi connectivity index (χ4v) is 1.95. The topological polar surface area (TPSA) is 24.5 Å². The van der Waals surface area contributed by atoms with Crippen molar-refractivity contribution >= 4 is 0 Å². The summed E-state index contributed by atoms with van der Waals surface area (Å²) in [5, 5.41) is 3.39. The van der Waals surface area contributed by atoms with Crippen LogP contribution in [0.3, 0.4) is 0 Å². The Bertz CT molecular complexity index is 188. The molecule has 0 bridgehead atoms. The number of nitrogens with one attached hydrogen (secondary N) is 1. The van der Waals surface area contributed by atoms with E-state index in [4.69, 9.17) is 4.74 Å². The van der Waals surface area contributed by atoms with E-state index in [0.717, 1.165) is 26.1 Å². The number of nitrogens with zero attached hydrogens (tertiary/aromatic N) is 1. The summed E-state index contributed by atoms with van der Waals surface area (Å²) >= 11 is 0. The maximum atomic E-state index is 5.80. The Kier molecular flexibility index (Phi) is 4.56. The average Bonchev–Trinajstić information content (AvgIpc) is 2.28. The molecule has 90 valence electrons. The second-order valence-corrected chi connectivity index (χ2v) is 5.13. The minimum absolute atomic E-state index is 0.250. The van der Waals surface area contributed by atoms with Crippen LogP contribution < -0.4 is 5.32 Å². The van der Waals surface area contributed by atoms with Gasteiger partial charge in [-0.1, -0.05) is 6.92 Å². The summed E-state index contributed by atoms with van der Waals surface area (Å²) in [6.45, 7) is 11.9. The van der Waals surface area contributed by atoms with Gasteiger partial charge >= 0.3 is 0 Å². The predicted molar refractivity (Wildman–Crippen MR) is 64.2 cm³/mol. The molecular formula is C12H26N2O. The van der Waals surface area contributed by atoms with E-state index in [1.165, 1.54) is 0 Å². The van der Waals surface area contributed by atoms with E-state index in [0.29, 0.717) is 12.1 Å². The van der Waals surface area contributed by atoms with Gasteiger partial charge in [0.1, 0.15) is 0 Å². The third-order valence-electron chi connectivity index (χ3n) is 3.93. The lowest BCUT2D eigenvalue weighted by Gasteiger charge is -2.43. The van der Waals surface area contributed by atoms with Gasteiger partial charge in [0.05, 0.1) is 12.7 Å². The fourth-order valence-electron chi connectivity index (χ4n) is 1.95. The number of morpholine rings is 1. The van der Waals surface area contributed by atoms with Crippen LogP contribution in [-0.4, -0.2) is 49.3 Å². The molecule has 1 saturated heterocycles. The van der Waals surface area contributed by atoms with Gasteiger partial charge in [0, 0.05) is 24.7 Å². The van der Waals surface area contributed by atoms with E-state index in [1.807, 2.05) is 0 Å². The zero-order valence-corrected chi connectivity index (χ0v) is 10.8. The maximum Gasteiger partial charge on any atom is 0.0852 e. The highest BCUT2D eigenvalue weighted by atomic mass is 16.5. The molecule has 1 N–H and O–H groups in total. The molecule has 0 radical (unpaired) electrons. The summed E-state index contributed by atoms with van der Waals surface area (Å²) in [4.78, 5) is 2.44. The number of ether oxygens (including phenoxy) is 1. The van der Waals surface area contributed by atoms with Gasteiger partial charge in [-0.3, -0.25) is 4.90 Å². The van der Waals surface area contributed by atoms with E-state index in [1.54, 1.807) is 0 Å². The van der Waals surface area contributed by atoms with Crippen molar-refractivity contribution < 1.29 is 4.74 Å². The van der Waals surface area contributed by atoms with Crippen molar-refractivity contribution in [2.24, 2.45) is 0 Å². The molecule has 1 fully saturated rings. The molecule has 1 aliphatic rings. The van der Waals surface area contributed by atoms with Gasteiger partial charge < -0.3 is 10.1 Å². The van der Waals surface area contributed by atoms with Crippen molar-refractivity contribution in [3.8, 4) is 0 Å². The second kappa shape index (κ2) is 5.28. The Hall–Kier alpha value is -0.120. The largest absolute Gasteiger partial charge is 0.374 e. The first-order chi connectivity index (χ1) is 6.99. The third-order valence-corrected chi connectivity index (χ3v) is 3.93. The minimum atomic E-state index is 0.250. The standard InChI is InChI=1S/C12H26N2O/c1-6-12(3,4)14(5)10(2)11-9-13-7-8-15-11/h10-11,13H,6-9H2,1-5H3. The number of hydrogen-bond acceptors (Lipinski definition) is 3. The lowest BCUT2D eigenvalue weighted by molar-refractivity contribution is -0.0439. The molecule has 0 aromatic carbocycles. The Morgan fingerprint density at radius 1 is 1.53 bits per heavy atom. The first kappa shape index (κ1) is 12.9. The van der Waals surface area contributed by atoms with E-state index in [-0.39, 0.29) is 5.54 Å². The predicted octanol–water partition coefficient (Wildman–Crippen LogP) is 1.48. The van der Waals surface area contributed by atoms with Crippen molar-refractivity contribution in [2.45, 2.75) is 51.8 Å². The second-order valence-electron chi connectivity index (χ2n) is 5.13. The molecule has 1 heterocycles. The molecule has 0 saturated carbocycles. The molecule has 1 rings (SSSR count). The van der Waals surface area contributed by atoms with E-state index < -0.39 is 0 Å². The first-order valence-corrected chi connectivity index (χ1v) is 6.04. The van der Waals surface area contributed by atoms with Crippen LogP contribution in [0.2, 0.25) is 0 Å². The van der Waals surface area contributed by atoms with Crippen molar-refractivity contribution in [3.05, 3.63) is 0 Å². The molecule has 3 nitrogen and oxygen atoms in total. The normalized spacial score (nSPS) is 25.6. The minimum Gasteiger partial charge on any atom is -0.374 e. The number of likely N-dealkylation sites (N-methyl/N-ethyl adjacent to an activating group) is 1. The summed E-state index contributed by atoms with van der Waals surface area (Å²) in [5.74, 6) is 0. The van der Waals surface area contributed by atoms with Gasteiger partial charge in [0.15, 0.2) is 0 Å². The SMILES string of the molecule is CCC(C)(C)N(C)C(C)C1CNCCO1. The summed E-state index contributed by atoms with van der Waals surface area (Å²) < 4.78 is 5.80. The van der Waals surface area contributed by atoms with Gasteiger partial charge in [-0.2, -0.15) is 0 Å². The Morgan fingerprint density at radius 2 is 2.20 bits per heavy atom. The van der Waals surface area contributed by atoms with Crippen LogP contribution in [-0.2, 0) is 4.74 Å². The van der Waals surface area contributed by atoms with Gasteiger partial charge in [0.2, 0.25) is 0 Å². The van der Waals surface area contributed by atoms with Gasteiger partial charge in [0.25, 0.3) is 0 Å². The molecule has 0 aromatic heterocycles. The highest BCUT2D eigenvalue weighted by Gasteiger charge is 2.31. The molecule has 0 aliphatic carbocycles. The van der Waals surface area contributed by atoms with Crippen LogP contribution in [0.4, 0.5) is 0 Å². The lowest BCUT2D eigenvalue weighted by Crippen LogP contribution is -2.55. The smallest absolute Gasteiger partial charge is 0.0852 e. The lowest BCUT2D eigenvalue weighted by atomic mass is 9.96. The molecule has 0 amide bonds. The summed E-state index contributed by atoms with van der Waals surface area (Å²) in [6.07, 6.45) is 1.49. The van der Waals surface area contributed by atoms with Gasteiger partial charge in [-0.15, -0.1) is 0 Å². The average molecular weight is 214 g/mol. The van der Waals surface area contributed by atoms with Crippen LogP contribution in [0, 0.1) is 0 Å². The van der Waals surface area contributed by atoms with E-state index in [9.17, 15) is 0 Å². The van der Waals surface area contributed by atoms with Crippen molar-refractivity contribution in [2.75, 3.05) is 26.7 Å². The molecule has 3 heteroatoms. The van der Waals surface area contributed by atoms with Crippen molar-refractivity contribution in [3.63, 3.8) is 0 Å². The fraction of sp³-hybridized carbons (Fsp3) is 1.00. The summed E-state index contributed by atoms with van der Waals surface area (Å²) in [7, 11) is 2.20. The monoisotopic (exact) mass is 214 g/mol. The van der Waals surface area contributed by atoms with Crippen LogP contribution in [0.1, 0.15) is 34.1 Å². The molecule has 0 spiro atoms. The van der Waals surface area contributed by atoms with Crippen molar-refractivity contribution in [1.29, 1.82) is 0 Å². The van der Waals surface area contributed by atoms with Crippen LogP contribution >= 0.6 is 0 Å². The number of rotatable bonds is 4. The van der Waals surface area contributed by atoms with Crippen molar-refractivity contribution in [1.82, 2.24) is 10.2 Å². The quantitative estimate of drug-likeness (QED) is 0.767. The van der Waals surface area contributed by atoms with Gasteiger partial charge in [-0.05, 0) is 34.2 Å². The Labute approximate surface area is 94.2 Å². The zero-order chi connectivity index (χ0) is 11.5. The molecule has 15 heavy (non-hydrogen) atoms. The Balaban J connectivity index is 2.54. The maximum absolute atomic E-state index is 5.80. The first-order valence-electron chi connectivity index (χ1n) is 6.04. The summed E-state index contributed by atoms with van der Waals surface area (Å²) in [6, 6.07) is 0.466. The van der Waals surface area contributed by atoms with E-state index >= 15 is 0 Å². The van der Waals surface area contributed by atoms with Crippen LogP contribution in [0.25, 0.3) is 0 Å². The molecule has 2 atom stereocenters. The number of hydrogen-bond donors (Lipinski definition) is 1. The molecular weight excluding hydrogens is 188 g/mol. The highest BCUT2D eigenvalue weighted by Crippen LogP contribution is 2.21. The third kappa shape index (κ3) is 3.16. The van der Waals surface area contributed by atoms with Gasteiger partial charge in [-0.25, -0.2) is 0 Å².